The molecule has 0 radical (unpaired) electrons. The van der Waals surface area contributed by atoms with Crippen LogP contribution in [-0.4, -0.2) is 47.1 Å². The average Bonchev–Trinajstić information content (AvgIpc) is 3.05. The van der Waals surface area contributed by atoms with Gasteiger partial charge >= 0.3 is 0 Å². The first kappa shape index (κ1) is 20.1. The van der Waals surface area contributed by atoms with Gasteiger partial charge in [0.1, 0.15) is 18.0 Å². The Hall–Kier alpha value is -2.25. The van der Waals surface area contributed by atoms with Crippen LogP contribution in [0, 0.1) is 0 Å². The number of guanidine groups is 1. The zero-order chi connectivity index (χ0) is 19.0. The van der Waals surface area contributed by atoms with Crippen molar-refractivity contribution in [2.24, 2.45) is 12.0 Å². The highest BCUT2D eigenvalue weighted by atomic mass is 35.5. The molecule has 1 unspecified atom stereocenters. The summed E-state index contributed by atoms with van der Waals surface area (Å²) >= 11 is 5.85. The fourth-order valence-corrected chi connectivity index (χ4v) is 2.36. The number of rotatable bonds is 8. The molecular weight excluding hydrogens is 354 g/mol. The highest BCUT2D eigenvalue weighted by Gasteiger charge is 2.24. The average molecular weight is 380 g/mol. The van der Waals surface area contributed by atoms with Crippen molar-refractivity contribution in [2.75, 3.05) is 26.2 Å². The lowest BCUT2D eigenvalue weighted by Crippen LogP contribution is -2.40. The van der Waals surface area contributed by atoms with Crippen molar-refractivity contribution in [1.82, 2.24) is 20.4 Å². The molecular formula is C18H26ClN5O2. The topological polar surface area (TPSA) is 83.7 Å². The Bertz CT molecular complexity index is 713. The van der Waals surface area contributed by atoms with Crippen LogP contribution >= 0.6 is 11.6 Å². The third-order valence-electron chi connectivity index (χ3n) is 3.69. The number of hydrogen-bond donors (Lipinski definition) is 3. The number of aryl methyl sites for hydroxylation is 1. The summed E-state index contributed by atoms with van der Waals surface area (Å²) in [7, 11) is 1.81. The molecule has 0 saturated heterocycles. The van der Waals surface area contributed by atoms with E-state index in [0.717, 1.165) is 17.9 Å². The van der Waals surface area contributed by atoms with Crippen molar-refractivity contribution in [2.45, 2.75) is 19.4 Å². The van der Waals surface area contributed by atoms with Crippen LogP contribution in [0.5, 0.6) is 5.75 Å². The lowest BCUT2D eigenvalue weighted by molar-refractivity contribution is 0.0672. The standard InChI is InChI=1S/C18H26ClN5O2/c1-4-20-17(21-9-10-26-16-7-5-15(19)6-8-16)22-13-18(2,25)14-11-23-24(3)12-14/h5-8,11-12,25H,4,9-10,13H2,1-3H3,(H2,20,21,22). The smallest absolute Gasteiger partial charge is 0.191 e. The van der Waals surface area contributed by atoms with Crippen LogP contribution in [0.2, 0.25) is 5.02 Å². The predicted octanol–water partition coefficient (Wildman–Crippen LogP) is 1.92. The molecule has 8 heteroatoms. The normalized spacial score (nSPS) is 14.0. The van der Waals surface area contributed by atoms with Crippen LogP contribution in [0.25, 0.3) is 0 Å². The van der Waals surface area contributed by atoms with Gasteiger partial charge in [0.25, 0.3) is 0 Å². The number of nitrogens with zero attached hydrogens (tertiary/aromatic N) is 3. The minimum Gasteiger partial charge on any atom is -0.492 e. The SMILES string of the molecule is CCNC(=NCC(C)(O)c1cnn(C)c1)NCCOc1ccc(Cl)cc1. The molecule has 0 spiro atoms. The van der Waals surface area contributed by atoms with Gasteiger partial charge in [0.05, 0.1) is 19.3 Å². The van der Waals surface area contributed by atoms with Crippen LogP contribution < -0.4 is 15.4 Å². The molecule has 0 bridgehead atoms. The van der Waals surface area contributed by atoms with Crippen molar-refractivity contribution in [3.63, 3.8) is 0 Å². The summed E-state index contributed by atoms with van der Waals surface area (Å²) in [6, 6.07) is 7.23. The predicted molar refractivity (Wildman–Crippen MR) is 104 cm³/mol. The molecule has 2 aromatic rings. The molecule has 0 aliphatic heterocycles. The second-order valence-electron chi connectivity index (χ2n) is 6.10. The highest BCUT2D eigenvalue weighted by Crippen LogP contribution is 2.19. The number of nitrogens with one attached hydrogen (secondary N) is 2. The molecule has 0 aliphatic carbocycles. The molecule has 0 fully saturated rings. The van der Waals surface area contributed by atoms with Crippen molar-refractivity contribution in [3.8, 4) is 5.75 Å². The minimum absolute atomic E-state index is 0.214. The second kappa shape index (κ2) is 9.45. The lowest BCUT2D eigenvalue weighted by Gasteiger charge is -2.20. The first-order chi connectivity index (χ1) is 12.4. The molecule has 1 aromatic heterocycles. The number of ether oxygens (including phenoxy) is 1. The molecule has 2 rings (SSSR count). The Morgan fingerprint density at radius 1 is 1.35 bits per heavy atom. The fraction of sp³-hybridized carbons (Fsp3) is 0.444. The van der Waals surface area contributed by atoms with Gasteiger partial charge in [-0.25, -0.2) is 4.99 Å². The van der Waals surface area contributed by atoms with Gasteiger partial charge in [-0.3, -0.25) is 4.68 Å². The van der Waals surface area contributed by atoms with Crippen LogP contribution in [0.3, 0.4) is 0 Å². The van der Waals surface area contributed by atoms with Crippen LogP contribution in [-0.2, 0) is 12.6 Å². The maximum atomic E-state index is 10.6. The zero-order valence-electron chi connectivity index (χ0n) is 15.4. The third-order valence-corrected chi connectivity index (χ3v) is 3.94. The molecule has 0 aliphatic rings. The number of benzene rings is 1. The van der Waals surface area contributed by atoms with Crippen LogP contribution in [0.1, 0.15) is 19.4 Å². The van der Waals surface area contributed by atoms with Gasteiger partial charge < -0.3 is 20.5 Å². The van der Waals surface area contributed by atoms with Gasteiger partial charge in [-0.15, -0.1) is 0 Å². The van der Waals surface area contributed by atoms with E-state index in [2.05, 4.69) is 20.7 Å². The van der Waals surface area contributed by atoms with Crippen molar-refractivity contribution >= 4 is 17.6 Å². The van der Waals surface area contributed by atoms with E-state index in [1.54, 1.807) is 36.1 Å². The molecule has 26 heavy (non-hydrogen) atoms. The number of hydrogen-bond acceptors (Lipinski definition) is 4. The Morgan fingerprint density at radius 2 is 2.08 bits per heavy atom. The van der Waals surface area contributed by atoms with Crippen molar-refractivity contribution in [1.29, 1.82) is 0 Å². The van der Waals surface area contributed by atoms with Gasteiger partial charge in [-0.1, -0.05) is 11.6 Å². The van der Waals surface area contributed by atoms with Crippen LogP contribution in [0.15, 0.2) is 41.7 Å². The van der Waals surface area contributed by atoms with Crippen molar-refractivity contribution < 1.29 is 9.84 Å². The van der Waals surface area contributed by atoms with Gasteiger partial charge in [0.15, 0.2) is 5.96 Å². The fourth-order valence-electron chi connectivity index (χ4n) is 2.23. The lowest BCUT2D eigenvalue weighted by atomic mass is 10.0. The minimum atomic E-state index is -1.09. The quantitative estimate of drug-likeness (QED) is 0.371. The summed E-state index contributed by atoms with van der Waals surface area (Å²) in [5.41, 5.74) is -0.359. The van der Waals surface area contributed by atoms with E-state index in [1.165, 1.54) is 0 Å². The molecule has 1 aromatic carbocycles. The molecule has 142 valence electrons. The van der Waals surface area contributed by atoms with Gasteiger partial charge in [-0.05, 0) is 38.1 Å². The van der Waals surface area contributed by atoms with Crippen molar-refractivity contribution in [3.05, 3.63) is 47.2 Å². The van der Waals surface area contributed by atoms with E-state index >= 15 is 0 Å². The Labute approximate surface area is 159 Å². The van der Waals surface area contributed by atoms with E-state index in [9.17, 15) is 5.11 Å². The van der Waals surface area contributed by atoms with Crippen LogP contribution in [0.4, 0.5) is 0 Å². The maximum absolute atomic E-state index is 10.6. The molecule has 1 atom stereocenters. The Morgan fingerprint density at radius 3 is 2.69 bits per heavy atom. The highest BCUT2D eigenvalue weighted by molar-refractivity contribution is 6.30. The number of aliphatic imine (C=N–C) groups is 1. The first-order valence-electron chi connectivity index (χ1n) is 8.53. The Kier molecular flexibility index (Phi) is 7.29. The zero-order valence-corrected chi connectivity index (χ0v) is 16.1. The summed E-state index contributed by atoms with van der Waals surface area (Å²) < 4.78 is 7.30. The third kappa shape index (κ3) is 6.24. The first-order valence-corrected chi connectivity index (χ1v) is 8.90. The van der Waals surface area contributed by atoms with E-state index < -0.39 is 5.60 Å². The maximum Gasteiger partial charge on any atom is 0.191 e. The summed E-state index contributed by atoms with van der Waals surface area (Å²) in [4.78, 5) is 4.46. The summed E-state index contributed by atoms with van der Waals surface area (Å²) in [5, 5.41) is 21.7. The monoisotopic (exact) mass is 379 g/mol. The van der Waals surface area contributed by atoms with E-state index in [-0.39, 0.29) is 6.54 Å². The largest absolute Gasteiger partial charge is 0.492 e. The molecule has 1 heterocycles. The number of aliphatic hydroxyl groups is 1. The molecule has 0 saturated carbocycles. The van der Waals surface area contributed by atoms with Gasteiger partial charge in [-0.2, -0.15) is 5.10 Å². The second-order valence-corrected chi connectivity index (χ2v) is 6.54. The van der Waals surface area contributed by atoms with E-state index in [1.807, 2.05) is 26.1 Å². The van der Waals surface area contributed by atoms with E-state index in [4.69, 9.17) is 16.3 Å². The number of halogens is 1. The summed E-state index contributed by atoms with van der Waals surface area (Å²) in [5.74, 6) is 1.38. The van der Waals surface area contributed by atoms with E-state index in [0.29, 0.717) is 24.1 Å². The summed E-state index contributed by atoms with van der Waals surface area (Å²) in [6.07, 6.45) is 3.44. The molecule has 0 amide bonds. The Balaban J connectivity index is 1.84. The molecule has 3 N–H and O–H groups in total. The van der Waals surface area contributed by atoms with Gasteiger partial charge in [0.2, 0.25) is 0 Å². The van der Waals surface area contributed by atoms with Gasteiger partial charge in [0, 0.05) is 30.4 Å². The summed E-state index contributed by atoms with van der Waals surface area (Å²) in [6.45, 7) is 5.70. The number of aromatic nitrogens is 2. The molecule has 7 nitrogen and oxygen atoms in total.